The number of rotatable bonds is 3. The van der Waals surface area contributed by atoms with E-state index in [9.17, 15) is 9.90 Å². The number of benzene rings is 2. The van der Waals surface area contributed by atoms with Gasteiger partial charge in [-0.2, -0.15) is 0 Å². The molecule has 0 spiro atoms. The Balaban J connectivity index is 2.25. The SMILES string of the molecule is O=C(O)c1ccccc1C(=S)Nc1ccc(O)cc1. The van der Waals surface area contributed by atoms with Crippen LogP contribution in [0, 0.1) is 0 Å². The lowest BCUT2D eigenvalue weighted by atomic mass is 10.1. The lowest BCUT2D eigenvalue weighted by molar-refractivity contribution is 0.0696. The number of carboxylic acids is 1. The maximum Gasteiger partial charge on any atom is 0.336 e. The van der Waals surface area contributed by atoms with Gasteiger partial charge in [0.2, 0.25) is 0 Å². The molecule has 0 amide bonds. The quantitative estimate of drug-likeness (QED) is 0.592. The third-order valence-electron chi connectivity index (χ3n) is 2.53. The van der Waals surface area contributed by atoms with Gasteiger partial charge in [0.25, 0.3) is 0 Å². The molecule has 96 valence electrons. The third-order valence-corrected chi connectivity index (χ3v) is 2.85. The summed E-state index contributed by atoms with van der Waals surface area (Å²) in [7, 11) is 0. The van der Waals surface area contributed by atoms with Gasteiger partial charge in [0, 0.05) is 11.3 Å². The van der Waals surface area contributed by atoms with Gasteiger partial charge in [-0.1, -0.05) is 30.4 Å². The number of aromatic hydroxyl groups is 1. The molecular weight excluding hydrogens is 262 g/mol. The predicted octanol–water partition coefficient (Wildman–Crippen LogP) is 2.88. The Bertz CT molecular complexity index is 623. The van der Waals surface area contributed by atoms with Crippen molar-refractivity contribution in [2.45, 2.75) is 0 Å². The van der Waals surface area contributed by atoms with Gasteiger partial charge in [0.1, 0.15) is 10.7 Å². The van der Waals surface area contributed by atoms with E-state index in [1.54, 1.807) is 30.3 Å². The van der Waals surface area contributed by atoms with Crippen molar-refractivity contribution >= 4 is 28.9 Å². The number of carboxylic acid groups (broad SMARTS) is 1. The molecule has 0 aliphatic rings. The molecule has 0 aliphatic carbocycles. The van der Waals surface area contributed by atoms with Gasteiger partial charge in [-0.15, -0.1) is 0 Å². The molecule has 2 aromatic rings. The van der Waals surface area contributed by atoms with Crippen LogP contribution in [0.4, 0.5) is 5.69 Å². The second kappa shape index (κ2) is 5.49. The molecule has 3 N–H and O–H groups in total. The van der Waals surface area contributed by atoms with Crippen LogP contribution in [0.15, 0.2) is 48.5 Å². The largest absolute Gasteiger partial charge is 0.508 e. The summed E-state index contributed by atoms with van der Waals surface area (Å²) in [6.45, 7) is 0. The minimum absolute atomic E-state index is 0.152. The van der Waals surface area contributed by atoms with Crippen LogP contribution < -0.4 is 5.32 Å². The van der Waals surface area contributed by atoms with Crippen molar-refractivity contribution < 1.29 is 15.0 Å². The number of anilines is 1. The van der Waals surface area contributed by atoms with Crippen LogP contribution in [0.1, 0.15) is 15.9 Å². The van der Waals surface area contributed by atoms with Crippen molar-refractivity contribution in [3.8, 4) is 5.75 Å². The summed E-state index contributed by atoms with van der Waals surface area (Å²) in [5, 5.41) is 21.2. The number of carbonyl (C=O) groups is 1. The van der Waals surface area contributed by atoms with Gasteiger partial charge < -0.3 is 15.5 Å². The minimum Gasteiger partial charge on any atom is -0.508 e. The first-order valence-electron chi connectivity index (χ1n) is 5.50. The van der Waals surface area contributed by atoms with Gasteiger partial charge in [0.15, 0.2) is 0 Å². The Morgan fingerprint density at radius 3 is 2.16 bits per heavy atom. The van der Waals surface area contributed by atoms with Gasteiger partial charge >= 0.3 is 5.97 Å². The van der Waals surface area contributed by atoms with Crippen LogP contribution in [0.25, 0.3) is 0 Å². The number of hydrogen-bond donors (Lipinski definition) is 3. The van der Waals surface area contributed by atoms with Crippen molar-refractivity contribution in [1.29, 1.82) is 0 Å². The number of phenolic OH excluding ortho intramolecular Hbond substituents is 1. The Morgan fingerprint density at radius 1 is 1.00 bits per heavy atom. The smallest absolute Gasteiger partial charge is 0.336 e. The van der Waals surface area contributed by atoms with Crippen molar-refractivity contribution in [1.82, 2.24) is 0 Å². The van der Waals surface area contributed by atoms with E-state index in [0.717, 1.165) is 0 Å². The molecule has 2 aromatic carbocycles. The Labute approximate surface area is 115 Å². The monoisotopic (exact) mass is 273 g/mol. The highest BCUT2D eigenvalue weighted by molar-refractivity contribution is 7.81. The summed E-state index contributed by atoms with van der Waals surface area (Å²) >= 11 is 5.21. The fraction of sp³-hybridized carbons (Fsp3) is 0. The van der Waals surface area contributed by atoms with Crippen LogP contribution in [-0.2, 0) is 0 Å². The maximum atomic E-state index is 11.1. The van der Waals surface area contributed by atoms with Crippen LogP contribution in [-0.4, -0.2) is 21.2 Å². The van der Waals surface area contributed by atoms with E-state index in [0.29, 0.717) is 16.2 Å². The van der Waals surface area contributed by atoms with Gasteiger partial charge in [0.05, 0.1) is 5.56 Å². The van der Waals surface area contributed by atoms with Crippen LogP contribution in [0.5, 0.6) is 5.75 Å². The van der Waals surface area contributed by atoms with E-state index in [4.69, 9.17) is 17.3 Å². The number of thiocarbonyl (C=S) groups is 1. The summed E-state index contributed by atoms with van der Waals surface area (Å²) in [5.74, 6) is -0.868. The van der Waals surface area contributed by atoms with E-state index < -0.39 is 5.97 Å². The summed E-state index contributed by atoms with van der Waals surface area (Å²) in [6.07, 6.45) is 0. The van der Waals surface area contributed by atoms with E-state index >= 15 is 0 Å². The first kappa shape index (κ1) is 13.0. The molecule has 4 nitrogen and oxygen atoms in total. The molecule has 0 radical (unpaired) electrons. The number of aromatic carboxylic acids is 1. The summed E-state index contributed by atoms with van der Waals surface area (Å²) < 4.78 is 0. The zero-order chi connectivity index (χ0) is 13.8. The lowest BCUT2D eigenvalue weighted by Crippen LogP contribution is -2.15. The second-order valence-corrected chi connectivity index (χ2v) is 4.26. The van der Waals surface area contributed by atoms with Crippen molar-refractivity contribution in [2.24, 2.45) is 0 Å². The molecule has 0 bridgehead atoms. The lowest BCUT2D eigenvalue weighted by Gasteiger charge is -2.10. The molecule has 0 aromatic heterocycles. The van der Waals surface area contributed by atoms with Crippen molar-refractivity contribution in [3.05, 3.63) is 59.7 Å². The van der Waals surface area contributed by atoms with Gasteiger partial charge in [-0.3, -0.25) is 0 Å². The minimum atomic E-state index is -1.02. The highest BCUT2D eigenvalue weighted by Crippen LogP contribution is 2.17. The maximum absolute atomic E-state index is 11.1. The molecule has 2 rings (SSSR count). The average molecular weight is 273 g/mol. The zero-order valence-corrected chi connectivity index (χ0v) is 10.6. The molecule has 0 aliphatic heterocycles. The Hall–Kier alpha value is -2.40. The summed E-state index contributed by atoms with van der Waals surface area (Å²) in [4.78, 5) is 11.4. The fourth-order valence-corrected chi connectivity index (χ4v) is 1.91. The molecule has 5 heteroatoms. The van der Waals surface area contributed by atoms with Gasteiger partial charge in [-0.05, 0) is 30.3 Å². The average Bonchev–Trinajstić information content (AvgIpc) is 2.41. The van der Waals surface area contributed by atoms with Crippen molar-refractivity contribution in [2.75, 3.05) is 5.32 Å². The number of nitrogens with one attached hydrogen (secondary N) is 1. The van der Waals surface area contributed by atoms with Gasteiger partial charge in [-0.25, -0.2) is 4.79 Å². The standard InChI is InChI=1S/C14H11NO3S/c16-10-7-5-9(6-8-10)15-13(19)11-3-1-2-4-12(11)14(17)18/h1-8,16H,(H,15,19)(H,17,18). The molecule has 0 fully saturated rings. The van der Waals surface area contributed by atoms with Crippen LogP contribution in [0.2, 0.25) is 0 Å². The highest BCUT2D eigenvalue weighted by Gasteiger charge is 2.12. The first-order chi connectivity index (χ1) is 9.08. The normalized spacial score (nSPS) is 9.89. The molecule has 0 heterocycles. The van der Waals surface area contributed by atoms with E-state index in [1.165, 1.54) is 18.2 Å². The third kappa shape index (κ3) is 3.08. The summed E-state index contributed by atoms with van der Waals surface area (Å²) in [5.41, 5.74) is 1.29. The predicted molar refractivity (Wildman–Crippen MR) is 76.8 cm³/mol. The topological polar surface area (TPSA) is 69.6 Å². The zero-order valence-electron chi connectivity index (χ0n) is 9.83. The molecule has 0 saturated carbocycles. The fourth-order valence-electron chi connectivity index (χ4n) is 1.61. The van der Waals surface area contributed by atoms with Crippen LogP contribution >= 0.6 is 12.2 Å². The second-order valence-electron chi connectivity index (χ2n) is 3.85. The molecule has 0 saturated heterocycles. The van der Waals surface area contributed by atoms with Crippen LogP contribution in [0.3, 0.4) is 0 Å². The molecule has 0 unspecified atom stereocenters. The number of hydrogen-bond acceptors (Lipinski definition) is 3. The van der Waals surface area contributed by atoms with E-state index in [2.05, 4.69) is 5.32 Å². The molecule has 0 atom stereocenters. The molecular formula is C14H11NO3S. The molecule has 19 heavy (non-hydrogen) atoms. The number of phenols is 1. The highest BCUT2D eigenvalue weighted by atomic mass is 32.1. The Morgan fingerprint density at radius 2 is 1.58 bits per heavy atom. The van der Waals surface area contributed by atoms with E-state index in [-0.39, 0.29) is 11.3 Å². The van der Waals surface area contributed by atoms with Crippen molar-refractivity contribution in [3.63, 3.8) is 0 Å². The summed E-state index contributed by atoms with van der Waals surface area (Å²) in [6, 6.07) is 12.9. The Kier molecular flexibility index (Phi) is 3.77. The van der Waals surface area contributed by atoms with E-state index in [1.807, 2.05) is 0 Å². The first-order valence-corrected chi connectivity index (χ1v) is 5.91.